The van der Waals surface area contributed by atoms with E-state index < -0.39 is 6.17 Å². The van der Waals surface area contributed by atoms with E-state index in [1.54, 1.807) is 0 Å². The lowest BCUT2D eigenvalue weighted by Crippen LogP contribution is -2.39. The number of rotatable bonds is 5. The average Bonchev–Trinajstić information content (AvgIpc) is 3.01. The zero-order chi connectivity index (χ0) is 16.8. The molecule has 1 saturated heterocycles. The van der Waals surface area contributed by atoms with E-state index in [1.807, 2.05) is 42.5 Å². The monoisotopic (exact) mass is 327 g/mol. The second-order valence-electron chi connectivity index (χ2n) is 6.09. The molecule has 1 fully saturated rings. The summed E-state index contributed by atoms with van der Waals surface area (Å²) >= 11 is 0. The van der Waals surface area contributed by atoms with E-state index in [-0.39, 0.29) is 12.1 Å². The van der Waals surface area contributed by atoms with Crippen LogP contribution in [0.1, 0.15) is 17.5 Å². The normalized spacial score (nSPS) is 19.9. The van der Waals surface area contributed by atoms with E-state index in [9.17, 15) is 9.18 Å². The Labute approximate surface area is 141 Å². The van der Waals surface area contributed by atoms with Crippen LogP contribution in [-0.2, 0) is 6.42 Å². The Morgan fingerprint density at radius 1 is 1.12 bits per heavy atom. The van der Waals surface area contributed by atoms with Crippen molar-refractivity contribution in [1.82, 2.24) is 10.6 Å². The minimum Gasteiger partial charge on any atom is -0.336 e. The highest BCUT2D eigenvalue weighted by Gasteiger charge is 2.23. The highest BCUT2D eigenvalue weighted by atomic mass is 19.1. The van der Waals surface area contributed by atoms with Gasteiger partial charge in [-0.15, -0.1) is 0 Å². The van der Waals surface area contributed by atoms with Crippen molar-refractivity contribution in [2.24, 2.45) is 0 Å². The molecule has 126 valence electrons. The first-order valence-corrected chi connectivity index (χ1v) is 8.25. The largest absolute Gasteiger partial charge is 0.336 e. The van der Waals surface area contributed by atoms with Crippen molar-refractivity contribution >= 4 is 11.7 Å². The van der Waals surface area contributed by atoms with Crippen LogP contribution in [0.25, 0.3) is 0 Å². The Bertz CT molecular complexity index is 677. The number of hydrogen-bond acceptors (Lipinski definition) is 2. The van der Waals surface area contributed by atoms with Gasteiger partial charge in [-0.05, 0) is 30.0 Å². The Hall–Kier alpha value is -2.40. The molecule has 2 aromatic rings. The van der Waals surface area contributed by atoms with Gasteiger partial charge >= 0.3 is 6.03 Å². The van der Waals surface area contributed by atoms with Crippen LogP contribution in [0.15, 0.2) is 54.6 Å². The highest BCUT2D eigenvalue weighted by molar-refractivity contribution is 5.90. The molecular formula is C19H22FN3O. The fraction of sp³-hybridized carbons (Fsp3) is 0.316. The Morgan fingerprint density at radius 3 is 2.62 bits per heavy atom. The molecule has 5 heteroatoms. The van der Waals surface area contributed by atoms with Gasteiger partial charge < -0.3 is 16.0 Å². The predicted octanol–water partition coefficient (Wildman–Crippen LogP) is 3.10. The van der Waals surface area contributed by atoms with E-state index in [2.05, 4.69) is 28.1 Å². The third-order valence-corrected chi connectivity index (χ3v) is 4.18. The number of halogens is 1. The summed E-state index contributed by atoms with van der Waals surface area (Å²) in [4.78, 5) is 12.1. The van der Waals surface area contributed by atoms with Crippen LogP contribution in [0.4, 0.5) is 14.9 Å². The summed E-state index contributed by atoms with van der Waals surface area (Å²) in [5.41, 5.74) is 3.04. The van der Waals surface area contributed by atoms with Gasteiger partial charge in [-0.25, -0.2) is 9.18 Å². The molecule has 0 bridgehead atoms. The maximum Gasteiger partial charge on any atom is 0.319 e. The number of alkyl halides is 1. The number of para-hydroxylation sites is 1. The zero-order valence-corrected chi connectivity index (χ0v) is 13.5. The van der Waals surface area contributed by atoms with Crippen LogP contribution in [0, 0.1) is 0 Å². The summed E-state index contributed by atoms with van der Waals surface area (Å²) in [6, 6.07) is 17.6. The third-order valence-electron chi connectivity index (χ3n) is 4.18. The molecule has 0 aromatic heterocycles. The molecule has 1 heterocycles. The van der Waals surface area contributed by atoms with Crippen molar-refractivity contribution in [2.75, 3.05) is 18.4 Å². The minimum atomic E-state index is -0.813. The van der Waals surface area contributed by atoms with Crippen LogP contribution in [-0.4, -0.2) is 31.3 Å². The van der Waals surface area contributed by atoms with Crippen molar-refractivity contribution in [3.8, 4) is 0 Å². The summed E-state index contributed by atoms with van der Waals surface area (Å²) in [7, 11) is 0. The quantitative estimate of drug-likeness (QED) is 0.790. The van der Waals surface area contributed by atoms with Gasteiger partial charge in [0, 0.05) is 24.8 Å². The SMILES string of the molecule is O=C(NCC1CC(F)CN1)Nc1ccccc1Cc1ccccc1. The third kappa shape index (κ3) is 4.55. The summed E-state index contributed by atoms with van der Waals surface area (Å²) in [5, 5.41) is 8.75. The van der Waals surface area contributed by atoms with Gasteiger partial charge in [-0.2, -0.15) is 0 Å². The predicted molar refractivity (Wildman–Crippen MR) is 94.0 cm³/mol. The molecular weight excluding hydrogens is 305 g/mol. The molecule has 2 amide bonds. The smallest absolute Gasteiger partial charge is 0.319 e. The molecule has 0 spiro atoms. The van der Waals surface area contributed by atoms with Crippen molar-refractivity contribution in [1.29, 1.82) is 0 Å². The standard InChI is InChI=1S/C19H22FN3O/c20-16-11-17(21-12-16)13-22-19(24)23-18-9-5-4-8-15(18)10-14-6-2-1-3-7-14/h1-9,16-17,21H,10-13H2,(H2,22,23,24). The summed E-state index contributed by atoms with van der Waals surface area (Å²) in [5.74, 6) is 0. The van der Waals surface area contributed by atoms with Gasteiger partial charge in [0.1, 0.15) is 6.17 Å². The number of benzene rings is 2. The molecule has 2 unspecified atom stereocenters. The molecule has 0 saturated carbocycles. The molecule has 24 heavy (non-hydrogen) atoms. The molecule has 2 aromatic carbocycles. The van der Waals surface area contributed by atoms with Crippen LogP contribution in [0.5, 0.6) is 0 Å². The lowest BCUT2D eigenvalue weighted by atomic mass is 10.0. The first-order valence-electron chi connectivity index (χ1n) is 8.25. The van der Waals surface area contributed by atoms with Gasteiger partial charge in [0.15, 0.2) is 0 Å². The maximum absolute atomic E-state index is 13.1. The molecule has 1 aliphatic rings. The lowest BCUT2D eigenvalue weighted by molar-refractivity contribution is 0.251. The molecule has 0 aliphatic carbocycles. The first kappa shape index (κ1) is 16.5. The number of hydrogen-bond donors (Lipinski definition) is 3. The summed E-state index contributed by atoms with van der Waals surface area (Å²) in [6.07, 6.45) is 0.391. The van der Waals surface area contributed by atoms with Crippen LogP contribution in [0.2, 0.25) is 0 Å². The van der Waals surface area contributed by atoms with Gasteiger partial charge in [-0.1, -0.05) is 48.5 Å². The second kappa shape index (κ2) is 7.93. The van der Waals surface area contributed by atoms with E-state index in [0.717, 1.165) is 17.7 Å². The van der Waals surface area contributed by atoms with Gasteiger partial charge in [0.05, 0.1) is 0 Å². The number of urea groups is 1. The van der Waals surface area contributed by atoms with Crippen LogP contribution >= 0.6 is 0 Å². The molecule has 3 N–H and O–H groups in total. The van der Waals surface area contributed by atoms with Crippen LogP contribution < -0.4 is 16.0 Å². The maximum atomic E-state index is 13.1. The summed E-state index contributed by atoms with van der Waals surface area (Å²) in [6.45, 7) is 0.793. The van der Waals surface area contributed by atoms with Gasteiger partial charge in [0.2, 0.25) is 0 Å². The second-order valence-corrected chi connectivity index (χ2v) is 6.09. The van der Waals surface area contributed by atoms with E-state index in [4.69, 9.17) is 0 Å². The van der Waals surface area contributed by atoms with Crippen molar-refractivity contribution in [3.05, 3.63) is 65.7 Å². The number of carbonyl (C=O) groups is 1. The fourth-order valence-electron chi connectivity index (χ4n) is 2.92. The Balaban J connectivity index is 1.57. The van der Waals surface area contributed by atoms with Gasteiger partial charge in [0.25, 0.3) is 0 Å². The molecule has 3 rings (SSSR count). The Morgan fingerprint density at radius 2 is 1.88 bits per heavy atom. The van der Waals surface area contributed by atoms with E-state index >= 15 is 0 Å². The average molecular weight is 327 g/mol. The number of anilines is 1. The summed E-state index contributed by atoms with van der Waals surface area (Å²) < 4.78 is 13.1. The highest BCUT2D eigenvalue weighted by Crippen LogP contribution is 2.19. The number of nitrogens with one attached hydrogen (secondary N) is 3. The number of amides is 2. The molecule has 2 atom stereocenters. The molecule has 1 aliphatic heterocycles. The van der Waals surface area contributed by atoms with Crippen molar-refractivity contribution in [3.63, 3.8) is 0 Å². The lowest BCUT2D eigenvalue weighted by Gasteiger charge is -2.14. The molecule has 4 nitrogen and oxygen atoms in total. The van der Waals surface area contributed by atoms with Crippen molar-refractivity contribution < 1.29 is 9.18 Å². The topological polar surface area (TPSA) is 53.2 Å². The van der Waals surface area contributed by atoms with E-state index in [1.165, 1.54) is 5.56 Å². The van der Waals surface area contributed by atoms with Crippen LogP contribution in [0.3, 0.4) is 0 Å². The minimum absolute atomic E-state index is 0.00492. The van der Waals surface area contributed by atoms with Crippen molar-refractivity contribution in [2.45, 2.75) is 25.1 Å². The number of carbonyl (C=O) groups excluding carboxylic acids is 1. The molecule has 0 radical (unpaired) electrons. The zero-order valence-electron chi connectivity index (χ0n) is 13.5. The fourth-order valence-corrected chi connectivity index (χ4v) is 2.92. The van der Waals surface area contributed by atoms with E-state index in [0.29, 0.717) is 19.5 Å². The van der Waals surface area contributed by atoms with Gasteiger partial charge in [-0.3, -0.25) is 0 Å². The first-order chi connectivity index (χ1) is 11.7. The Kier molecular flexibility index (Phi) is 5.43.